The molecule has 0 unspecified atom stereocenters. The minimum absolute atomic E-state index is 0.199. The zero-order valence-electron chi connectivity index (χ0n) is 18.8. The van der Waals surface area contributed by atoms with E-state index in [1.165, 1.54) is 11.3 Å². The SMILES string of the molecule is CCOCCOc1c(C(=O)NCc2ccccc2OC)sc2c1c(=O)n(C)c1ccccc21. The number of hydrogen-bond donors (Lipinski definition) is 1. The molecule has 0 aliphatic rings. The van der Waals surface area contributed by atoms with Gasteiger partial charge in [0.15, 0.2) is 5.75 Å². The fraction of sp³-hybridized carbons (Fsp3) is 0.280. The Labute approximate surface area is 195 Å². The average Bonchev–Trinajstić information content (AvgIpc) is 3.23. The maximum atomic E-state index is 13.3. The summed E-state index contributed by atoms with van der Waals surface area (Å²) in [6, 6.07) is 15.2. The van der Waals surface area contributed by atoms with Gasteiger partial charge in [-0.05, 0) is 19.1 Å². The predicted molar refractivity (Wildman–Crippen MR) is 131 cm³/mol. The first-order valence-electron chi connectivity index (χ1n) is 10.7. The number of fused-ring (bicyclic) bond motifs is 3. The van der Waals surface area contributed by atoms with E-state index < -0.39 is 0 Å². The Morgan fingerprint density at radius 3 is 2.64 bits per heavy atom. The van der Waals surface area contributed by atoms with E-state index in [2.05, 4.69) is 5.32 Å². The van der Waals surface area contributed by atoms with Gasteiger partial charge in [-0.2, -0.15) is 0 Å². The number of hydrogen-bond acceptors (Lipinski definition) is 6. The topological polar surface area (TPSA) is 78.8 Å². The Hall–Kier alpha value is -3.36. The monoisotopic (exact) mass is 466 g/mol. The lowest BCUT2D eigenvalue weighted by atomic mass is 10.1. The second-order valence-corrected chi connectivity index (χ2v) is 8.41. The highest BCUT2D eigenvalue weighted by atomic mass is 32.1. The number of benzene rings is 2. The van der Waals surface area contributed by atoms with Crippen LogP contribution in [0.3, 0.4) is 0 Å². The van der Waals surface area contributed by atoms with Crippen molar-refractivity contribution in [2.45, 2.75) is 13.5 Å². The molecule has 0 saturated heterocycles. The molecule has 0 aliphatic heterocycles. The molecule has 172 valence electrons. The van der Waals surface area contributed by atoms with E-state index in [1.54, 1.807) is 18.7 Å². The third-order valence-corrected chi connectivity index (χ3v) is 6.61. The normalized spacial score (nSPS) is 11.1. The molecular formula is C25H26N2O5S. The Bertz CT molecular complexity index is 1360. The number of thiophene rings is 1. The molecule has 1 N–H and O–H groups in total. The molecule has 2 aromatic heterocycles. The van der Waals surface area contributed by atoms with Crippen molar-refractivity contribution in [3.8, 4) is 11.5 Å². The smallest absolute Gasteiger partial charge is 0.265 e. The van der Waals surface area contributed by atoms with Crippen LogP contribution in [-0.2, 0) is 18.3 Å². The third-order valence-electron chi connectivity index (χ3n) is 5.41. The number of rotatable bonds is 9. The number of carbonyl (C=O) groups is 1. The number of nitrogens with one attached hydrogen (secondary N) is 1. The van der Waals surface area contributed by atoms with Gasteiger partial charge < -0.3 is 24.1 Å². The van der Waals surface area contributed by atoms with Gasteiger partial charge >= 0.3 is 0 Å². The van der Waals surface area contributed by atoms with Gasteiger partial charge in [0.2, 0.25) is 0 Å². The summed E-state index contributed by atoms with van der Waals surface area (Å²) in [5.74, 6) is 0.695. The van der Waals surface area contributed by atoms with Crippen molar-refractivity contribution < 1.29 is 19.0 Å². The van der Waals surface area contributed by atoms with E-state index in [0.717, 1.165) is 21.2 Å². The minimum Gasteiger partial charge on any atom is -0.496 e. The number of aromatic nitrogens is 1. The molecule has 4 aromatic rings. The van der Waals surface area contributed by atoms with Crippen LogP contribution in [0.5, 0.6) is 11.5 Å². The van der Waals surface area contributed by atoms with Gasteiger partial charge in [0.05, 0.1) is 23.9 Å². The van der Waals surface area contributed by atoms with E-state index in [9.17, 15) is 9.59 Å². The standard InChI is InChI=1S/C25H26N2O5S/c1-4-31-13-14-32-21-20-22(17-10-6-7-11-18(17)27(2)25(20)29)33-23(21)24(28)26-15-16-9-5-8-12-19(16)30-3/h5-12H,4,13-15H2,1-3H3,(H,26,28). The highest BCUT2D eigenvalue weighted by Gasteiger charge is 2.25. The number of nitrogens with zero attached hydrogens (tertiary/aromatic N) is 1. The number of pyridine rings is 1. The molecule has 0 radical (unpaired) electrons. The molecule has 2 aromatic carbocycles. The number of methoxy groups -OCH3 is 1. The van der Waals surface area contributed by atoms with Crippen molar-refractivity contribution in [2.75, 3.05) is 26.9 Å². The summed E-state index contributed by atoms with van der Waals surface area (Å²) in [7, 11) is 3.32. The fourth-order valence-corrected chi connectivity index (χ4v) is 4.96. The first-order chi connectivity index (χ1) is 16.1. The number of amides is 1. The van der Waals surface area contributed by atoms with Crippen LogP contribution < -0.4 is 20.3 Å². The summed E-state index contributed by atoms with van der Waals surface area (Å²) in [6.45, 7) is 3.35. The Morgan fingerprint density at radius 2 is 1.85 bits per heavy atom. The van der Waals surface area contributed by atoms with Crippen LogP contribution in [-0.4, -0.2) is 37.4 Å². The first kappa shape index (κ1) is 22.8. The summed E-state index contributed by atoms with van der Waals surface area (Å²) in [5, 5.41) is 4.26. The molecule has 7 nitrogen and oxygen atoms in total. The van der Waals surface area contributed by atoms with Crippen LogP contribution >= 0.6 is 11.3 Å². The van der Waals surface area contributed by atoms with Crippen LogP contribution in [0.15, 0.2) is 53.3 Å². The van der Waals surface area contributed by atoms with Crippen molar-refractivity contribution >= 4 is 38.2 Å². The maximum absolute atomic E-state index is 13.3. The lowest BCUT2D eigenvalue weighted by molar-refractivity contribution is 0.0940. The predicted octanol–water partition coefficient (Wildman–Crippen LogP) is 4.11. The van der Waals surface area contributed by atoms with Crippen LogP contribution in [0.25, 0.3) is 21.0 Å². The van der Waals surface area contributed by atoms with Crippen LogP contribution in [0.1, 0.15) is 22.2 Å². The minimum atomic E-state index is -0.306. The molecular weight excluding hydrogens is 440 g/mol. The fourth-order valence-electron chi connectivity index (χ4n) is 3.77. The Balaban J connectivity index is 1.77. The van der Waals surface area contributed by atoms with Crippen LogP contribution in [0.2, 0.25) is 0 Å². The van der Waals surface area contributed by atoms with E-state index in [-0.39, 0.29) is 24.6 Å². The summed E-state index contributed by atoms with van der Waals surface area (Å²) in [6.07, 6.45) is 0. The summed E-state index contributed by atoms with van der Waals surface area (Å²) < 4.78 is 19.1. The molecule has 1 amide bonds. The molecule has 4 rings (SSSR count). The van der Waals surface area contributed by atoms with Crippen LogP contribution in [0, 0.1) is 0 Å². The summed E-state index contributed by atoms with van der Waals surface area (Å²) >= 11 is 1.27. The number of carbonyl (C=O) groups excluding carboxylic acids is 1. The van der Waals surface area contributed by atoms with Gasteiger partial charge in [-0.15, -0.1) is 11.3 Å². The van der Waals surface area contributed by atoms with Crippen molar-refractivity contribution in [1.29, 1.82) is 0 Å². The largest absolute Gasteiger partial charge is 0.496 e. The van der Waals surface area contributed by atoms with E-state index in [0.29, 0.717) is 35.0 Å². The van der Waals surface area contributed by atoms with Gasteiger partial charge in [-0.3, -0.25) is 9.59 Å². The molecule has 2 heterocycles. The Kier molecular flexibility index (Phi) is 6.96. The molecule has 0 saturated carbocycles. The maximum Gasteiger partial charge on any atom is 0.265 e. The van der Waals surface area contributed by atoms with Gasteiger partial charge in [0, 0.05) is 31.1 Å². The average molecular weight is 467 g/mol. The van der Waals surface area contributed by atoms with Gasteiger partial charge in [-0.1, -0.05) is 36.4 Å². The second-order valence-electron chi connectivity index (χ2n) is 7.39. The van der Waals surface area contributed by atoms with Gasteiger partial charge in [-0.25, -0.2) is 0 Å². The lowest BCUT2D eigenvalue weighted by Crippen LogP contribution is -2.23. The molecule has 0 bridgehead atoms. The summed E-state index contributed by atoms with van der Waals surface area (Å²) in [4.78, 5) is 26.9. The summed E-state index contributed by atoms with van der Waals surface area (Å²) in [5.41, 5.74) is 1.46. The van der Waals surface area contributed by atoms with Crippen molar-refractivity contribution in [2.24, 2.45) is 7.05 Å². The molecule has 8 heteroatoms. The number of aryl methyl sites for hydroxylation is 1. The molecule has 0 atom stereocenters. The zero-order chi connectivity index (χ0) is 23.4. The van der Waals surface area contributed by atoms with E-state index in [1.807, 2.05) is 55.5 Å². The zero-order valence-corrected chi connectivity index (χ0v) is 19.7. The second kappa shape index (κ2) is 10.1. The molecule has 0 fully saturated rings. The van der Waals surface area contributed by atoms with E-state index in [4.69, 9.17) is 14.2 Å². The van der Waals surface area contributed by atoms with Crippen molar-refractivity contribution in [3.63, 3.8) is 0 Å². The quantitative estimate of drug-likeness (QED) is 0.376. The van der Waals surface area contributed by atoms with Gasteiger partial charge in [0.1, 0.15) is 22.6 Å². The van der Waals surface area contributed by atoms with Crippen molar-refractivity contribution in [1.82, 2.24) is 9.88 Å². The number of para-hydroxylation sites is 2. The van der Waals surface area contributed by atoms with E-state index >= 15 is 0 Å². The van der Waals surface area contributed by atoms with Crippen LogP contribution in [0.4, 0.5) is 0 Å². The first-order valence-corrected chi connectivity index (χ1v) is 11.5. The molecule has 0 spiro atoms. The lowest BCUT2D eigenvalue weighted by Gasteiger charge is -2.11. The Morgan fingerprint density at radius 1 is 1.09 bits per heavy atom. The molecule has 0 aliphatic carbocycles. The van der Waals surface area contributed by atoms with Gasteiger partial charge in [0.25, 0.3) is 11.5 Å². The third kappa shape index (κ3) is 4.44. The highest BCUT2D eigenvalue weighted by molar-refractivity contribution is 7.22. The number of ether oxygens (including phenoxy) is 3. The van der Waals surface area contributed by atoms with Crippen molar-refractivity contribution in [3.05, 3.63) is 69.3 Å². The molecule has 33 heavy (non-hydrogen) atoms. The highest BCUT2D eigenvalue weighted by Crippen LogP contribution is 2.39.